The van der Waals surface area contributed by atoms with Crippen LogP contribution in [0.3, 0.4) is 0 Å². The molecule has 1 heterocycles. The molecule has 6 nitrogen and oxygen atoms in total. The predicted octanol–water partition coefficient (Wildman–Crippen LogP) is 2.69. The minimum absolute atomic E-state index is 0.184. The van der Waals surface area contributed by atoms with Crippen molar-refractivity contribution in [3.63, 3.8) is 0 Å². The van der Waals surface area contributed by atoms with Gasteiger partial charge in [0.05, 0.1) is 0 Å². The first-order valence-electron chi connectivity index (χ1n) is 8.54. The summed E-state index contributed by atoms with van der Waals surface area (Å²) >= 11 is 0. The van der Waals surface area contributed by atoms with Gasteiger partial charge >= 0.3 is 0 Å². The highest BCUT2D eigenvalue weighted by Gasteiger charge is 2.12. The smallest absolute Gasteiger partial charge is 0.270 e. The number of nitrogens with one attached hydrogen (secondary N) is 2. The van der Waals surface area contributed by atoms with E-state index in [-0.39, 0.29) is 5.91 Å². The zero-order valence-electron chi connectivity index (χ0n) is 15.7. The van der Waals surface area contributed by atoms with Crippen LogP contribution in [-0.4, -0.2) is 48.0 Å². The Morgan fingerprint density at radius 2 is 1.96 bits per heavy atom. The van der Waals surface area contributed by atoms with Crippen molar-refractivity contribution in [2.75, 3.05) is 32.5 Å². The highest BCUT2D eigenvalue weighted by atomic mass is 16.1. The van der Waals surface area contributed by atoms with E-state index in [1.807, 2.05) is 25.1 Å². The van der Waals surface area contributed by atoms with Gasteiger partial charge in [0.15, 0.2) is 0 Å². The van der Waals surface area contributed by atoms with E-state index in [9.17, 15) is 4.79 Å². The van der Waals surface area contributed by atoms with Crippen molar-refractivity contribution in [3.05, 3.63) is 46.9 Å². The molecular weight excluding hydrogens is 314 g/mol. The Balaban J connectivity index is 2.21. The molecule has 0 atom stereocenters. The fraction of sp³-hybridized carbons (Fsp3) is 0.421. The van der Waals surface area contributed by atoms with Crippen molar-refractivity contribution in [1.82, 2.24) is 20.2 Å². The summed E-state index contributed by atoms with van der Waals surface area (Å²) in [5.41, 5.74) is 3.78. The van der Waals surface area contributed by atoms with Gasteiger partial charge in [0.2, 0.25) is 0 Å². The highest BCUT2D eigenvalue weighted by Crippen LogP contribution is 2.24. The lowest BCUT2D eigenvalue weighted by atomic mass is 10.1. The van der Waals surface area contributed by atoms with E-state index in [1.54, 1.807) is 13.0 Å². The highest BCUT2D eigenvalue weighted by molar-refractivity contribution is 5.93. The molecule has 0 bridgehead atoms. The molecule has 2 aromatic rings. The van der Waals surface area contributed by atoms with E-state index >= 15 is 0 Å². The maximum atomic E-state index is 12.3. The van der Waals surface area contributed by atoms with Crippen molar-refractivity contribution in [2.24, 2.45) is 0 Å². The first-order valence-corrected chi connectivity index (χ1v) is 8.54. The number of amides is 1. The monoisotopic (exact) mass is 341 g/mol. The SMILES string of the molecule is CCc1cccc(C)c1Nc1cc(C(=O)NCCN(C)C)nc(C)n1. The van der Waals surface area contributed by atoms with Gasteiger partial charge in [0, 0.05) is 24.8 Å². The normalized spacial score (nSPS) is 10.8. The summed E-state index contributed by atoms with van der Waals surface area (Å²) in [7, 11) is 3.94. The van der Waals surface area contributed by atoms with Crippen LogP contribution in [0.1, 0.15) is 34.4 Å². The van der Waals surface area contributed by atoms with Crippen molar-refractivity contribution in [1.29, 1.82) is 0 Å². The van der Waals surface area contributed by atoms with Crippen LogP contribution in [-0.2, 0) is 6.42 Å². The van der Waals surface area contributed by atoms with Crippen molar-refractivity contribution < 1.29 is 4.79 Å². The molecule has 6 heteroatoms. The summed E-state index contributed by atoms with van der Waals surface area (Å²) in [6, 6.07) is 7.90. The fourth-order valence-electron chi connectivity index (χ4n) is 2.56. The number of anilines is 2. The first-order chi connectivity index (χ1) is 11.9. The number of rotatable bonds is 7. The van der Waals surface area contributed by atoms with Gasteiger partial charge in [-0.3, -0.25) is 4.79 Å². The van der Waals surface area contributed by atoms with Crippen LogP contribution in [0.2, 0.25) is 0 Å². The Hall–Kier alpha value is -2.47. The van der Waals surface area contributed by atoms with Gasteiger partial charge in [0.25, 0.3) is 5.91 Å². The second-order valence-corrected chi connectivity index (χ2v) is 6.33. The van der Waals surface area contributed by atoms with Crippen LogP contribution in [0.5, 0.6) is 0 Å². The van der Waals surface area contributed by atoms with Crippen LogP contribution in [0, 0.1) is 13.8 Å². The third-order valence-corrected chi connectivity index (χ3v) is 3.91. The number of likely N-dealkylation sites (N-methyl/N-ethyl adjacent to an activating group) is 1. The number of carbonyl (C=O) groups is 1. The number of benzene rings is 1. The molecule has 0 saturated carbocycles. The molecule has 0 aliphatic rings. The van der Waals surface area contributed by atoms with Gasteiger partial charge in [-0.05, 0) is 45.5 Å². The molecule has 2 rings (SSSR count). The predicted molar refractivity (Wildman–Crippen MR) is 101 cm³/mol. The largest absolute Gasteiger partial charge is 0.349 e. The lowest BCUT2D eigenvalue weighted by molar-refractivity contribution is 0.0945. The number of aryl methyl sites for hydroxylation is 3. The first kappa shape index (κ1) is 18.9. The number of hydrogen-bond donors (Lipinski definition) is 2. The number of aromatic nitrogens is 2. The van der Waals surface area contributed by atoms with E-state index in [0.717, 1.165) is 24.2 Å². The second-order valence-electron chi connectivity index (χ2n) is 6.33. The third-order valence-electron chi connectivity index (χ3n) is 3.91. The van der Waals surface area contributed by atoms with Gasteiger partial charge in [-0.15, -0.1) is 0 Å². The summed E-state index contributed by atoms with van der Waals surface area (Å²) in [6.45, 7) is 7.33. The molecule has 1 aromatic carbocycles. The second kappa shape index (κ2) is 8.58. The Morgan fingerprint density at radius 1 is 1.20 bits per heavy atom. The Morgan fingerprint density at radius 3 is 2.64 bits per heavy atom. The molecule has 0 aliphatic carbocycles. The molecule has 0 radical (unpaired) electrons. The number of nitrogens with zero attached hydrogens (tertiary/aromatic N) is 3. The third kappa shape index (κ3) is 5.26. The van der Waals surface area contributed by atoms with Crippen LogP contribution in [0.4, 0.5) is 11.5 Å². The molecule has 0 aliphatic heterocycles. The average Bonchev–Trinajstić information content (AvgIpc) is 2.55. The lowest BCUT2D eigenvalue weighted by Gasteiger charge is -2.15. The summed E-state index contributed by atoms with van der Waals surface area (Å²) in [5.74, 6) is 1.01. The van der Waals surface area contributed by atoms with E-state index < -0.39 is 0 Å². The van der Waals surface area contributed by atoms with Gasteiger partial charge in [-0.1, -0.05) is 25.1 Å². The molecule has 134 valence electrons. The van der Waals surface area contributed by atoms with Crippen LogP contribution >= 0.6 is 0 Å². The minimum Gasteiger partial charge on any atom is -0.349 e. The number of carbonyl (C=O) groups excluding carboxylic acids is 1. The topological polar surface area (TPSA) is 70.2 Å². The quantitative estimate of drug-likeness (QED) is 0.810. The van der Waals surface area contributed by atoms with E-state index in [0.29, 0.717) is 23.9 Å². The van der Waals surface area contributed by atoms with Gasteiger partial charge in [-0.25, -0.2) is 9.97 Å². The molecule has 0 spiro atoms. The Labute approximate surface area is 149 Å². The summed E-state index contributed by atoms with van der Waals surface area (Å²) in [6.07, 6.45) is 0.923. The van der Waals surface area contributed by atoms with Crippen molar-refractivity contribution in [3.8, 4) is 0 Å². The lowest BCUT2D eigenvalue weighted by Crippen LogP contribution is -2.32. The van der Waals surface area contributed by atoms with E-state index in [1.165, 1.54) is 5.56 Å². The van der Waals surface area contributed by atoms with Crippen molar-refractivity contribution >= 4 is 17.4 Å². The molecular formula is C19H27N5O. The van der Waals surface area contributed by atoms with Crippen LogP contribution in [0.25, 0.3) is 0 Å². The standard InChI is InChI=1S/C19H27N5O/c1-6-15-9-7-8-13(2)18(15)23-17-12-16(21-14(3)22-17)19(25)20-10-11-24(4)5/h7-9,12H,6,10-11H2,1-5H3,(H,20,25)(H,21,22,23). The minimum atomic E-state index is -0.184. The molecule has 2 N–H and O–H groups in total. The maximum absolute atomic E-state index is 12.3. The molecule has 0 unspecified atom stereocenters. The van der Waals surface area contributed by atoms with E-state index in [4.69, 9.17) is 0 Å². The maximum Gasteiger partial charge on any atom is 0.270 e. The molecule has 1 aromatic heterocycles. The van der Waals surface area contributed by atoms with Gasteiger partial charge in [-0.2, -0.15) is 0 Å². The summed E-state index contributed by atoms with van der Waals surface area (Å²) in [4.78, 5) is 23.0. The van der Waals surface area contributed by atoms with Gasteiger partial charge < -0.3 is 15.5 Å². The van der Waals surface area contributed by atoms with Crippen LogP contribution in [0.15, 0.2) is 24.3 Å². The fourth-order valence-corrected chi connectivity index (χ4v) is 2.56. The molecule has 0 fully saturated rings. The summed E-state index contributed by atoms with van der Waals surface area (Å²) < 4.78 is 0. The van der Waals surface area contributed by atoms with Crippen LogP contribution < -0.4 is 10.6 Å². The average molecular weight is 341 g/mol. The number of para-hydroxylation sites is 1. The zero-order valence-corrected chi connectivity index (χ0v) is 15.7. The van der Waals surface area contributed by atoms with Crippen molar-refractivity contribution in [2.45, 2.75) is 27.2 Å². The molecule has 1 amide bonds. The number of hydrogen-bond acceptors (Lipinski definition) is 5. The summed E-state index contributed by atoms with van der Waals surface area (Å²) in [5, 5.41) is 6.25. The Kier molecular flexibility index (Phi) is 6.47. The van der Waals surface area contributed by atoms with Gasteiger partial charge in [0.1, 0.15) is 17.3 Å². The molecule has 0 saturated heterocycles. The van der Waals surface area contributed by atoms with E-state index in [2.05, 4.69) is 46.6 Å². The Bertz CT molecular complexity index is 743. The zero-order chi connectivity index (χ0) is 18.4. The molecule has 25 heavy (non-hydrogen) atoms.